The number of hydrogen-bond donors (Lipinski definition) is 2. The molecular formula is C14H17N3O2. The van der Waals surface area contributed by atoms with Gasteiger partial charge in [0.2, 0.25) is 5.91 Å². The normalized spacial score (nSPS) is 12.5. The van der Waals surface area contributed by atoms with Crippen LogP contribution in [0.5, 0.6) is 0 Å². The first-order valence-corrected chi connectivity index (χ1v) is 6.08. The van der Waals surface area contributed by atoms with E-state index in [4.69, 9.17) is 10.5 Å². The monoisotopic (exact) mass is 259 g/mol. The summed E-state index contributed by atoms with van der Waals surface area (Å²) in [6, 6.07) is 7.22. The standard InChI is InChI=1S/C14H17N3O2/c1-19-7-6-17-13(14(15)18)12-9-16-8-10-4-2-3-5-11(10)12/h2-5,8-9,13,17H,6-7H2,1H3,(H2,15,18). The lowest BCUT2D eigenvalue weighted by Gasteiger charge is -2.17. The molecule has 1 aromatic heterocycles. The molecule has 100 valence electrons. The summed E-state index contributed by atoms with van der Waals surface area (Å²) in [5.74, 6) is -0.422. The largest absolute Gasteiger partial charge is 0.383 e. The number of rotatable bonds is 6. The van der Waals surface area contributed by atoms with E-state index in [1.165, 1.54) is 0 Å². The Bertz CT molecular complexity index is 566. The molecule has 0 saturated carbocycles. The maximum atomic E-state index is 11.6. The van der Waals surface area contributed by atoms with E-state index >= 15 is 0 Å². The summed E-state index contributed by atoms with van der Waals surface area (Å²) in [4.78, 5) is 15.8. The van der Waals surface area contributed by atoms with Crippen LogP contribution in [0.15, 0.2) is 36.7 Å². The number of nitrogens with one attached hydrogen (secondary N) is 1. The van der Waals surface area contributed by atoms with Crippen LogP contribution in [0.1, 0.15) is 11.6 Å². The molecule has 1 unspecified atom stereocenters. The van der Waals surface area contributed by atoms with E-state index in [9.17, 15) is 4.79 Å². The molecule has 0 aliphatic rings. The summed E-state index contributed by atoms with van der Waals surface area (Å²) in [6.07, 6.45) is 3.45. The van der Waals surface area contributed by atoms with Gasteiger partial charge in [-0.05, 0) is 5.39 Å². The average molecular weight is 259 g/mol. The molecule has 5 nitrogen and oxygen atoms in total. The van der Waals surface area contributed by atoms with Crippen molar-refractivity contribution in [2.75, 3.05) is 20.3 Å². The maximum Gasteiger partial charge on any atom is 0.239 e. The van der Waals surface area contributed by atoms with Crippen LogP contribution in [-0.4, -0.2) is 31.2 Å². The molecule has 1 aromatic carbocycles. The Labute approximate surface area is 111 Å². The minimum absolute atomic E-state index is 0.422. The van der Waals surface area contributed by atoms with Gasteiger partial charge in [-0.3, -0.25) is 15.1 Å². The van der Waals surface area contributed by atoms with Gasteiger partial charge in [-0.25, -0.2) is 0 Å². The number of primary amides is 1. The van der Waals surface area contributed by atoms with Crippen LogP contribution < -0.4 is 11.1 Å². The van der Waals surface area contributed by atoms with Crippen molar-refractivity contribution >= 4 is 16.7 Å². The molecule has 3 N–H and O–H groups in total. The van der Waals surface area contributed by atoms with Crippen molar-refractivity contribution in [2.45, 2.75) is 6.04 Å². The third-order valence-electron chi connectivity index (χ3n) is 2.95. The molecule has 1 atom stereocenters. The molecule has 0 aliphatic carbocycles. The maximum absolute atomic E-state index is 11.6. The van der Waals surface area contributed by atoms with Gasteiger partial charge in [-0.15, -0.1) is 0 Å². The molecule has 19 heavy (non-hydrogen) atoms. The molecule has 1 heterocycles. The van der Waals surface area contributed by atoms with Gasteiger partial charge in [0.25, 0.3) is 0 Å². The molecule has 0 fully saturated rings. The highest BCUT2D eigenvalue weighted by Crippen LogP contribution is 2.22. The van der Waals surface area contributed by atoms with Crippen molar-refractivity contribution in [3.05, 3.63) is 42.2 Å². The lowest BCUT2D eigenvalue weighted by Crippen LogP contribution is -2.35. The van der Waals surface area contributed by atoms with Gasteiger partial charge in [-0.2, -0.15) is 0 Å². The Morgan fingerprint density at radius 2 is 2.21 bits per heavy atom. The summed E-state index contributed by atoms with van der Waals surface area (Å²) in [6.45, 7) is 1.06. The Kier molecular flexibility index (Phi) is 4.43. The van der Waals surface area contributed by atoms with E-state index in [-0.39, 0.29) is 0 Å². The fraction of sp³-hybridized carbons (Fsp3) is 0.286. The summed E-state index contributed by atoms with van der Waals surface area (Å²) in [7, 11) is 1.61. The molecule has 0 spiro atoms. The van der Waals surface area contributed by atoms with Crippen molar-refractivity contribution in [1.29, 1.82) is 0 Å². The Balaban J connectivity index is 2.36. The zero-order valence-corrected chi connectivity index (χ0v) is 10.8. The van der Waals surface area contributed by atoms with Gasteiger partial charge in [-0.1, -0.05) is 24.3 Å². The number of aromatic nitrogens is 1. The quantitative estimate of drug-likeness (QED) is 0.759. The summed E-state index contributed by atoms with van der Waals surface area (Å²) in [5, 5.41) is 5.05. The van der Waals surface area contributed by atoms with Crippen LogP contribution in [-0.2, 0) is 9.53 Å². The molecule has 0 bridgehead atoms. The van der Waals surface area contributed by atoms with Crippen LogP contribution in [0.3, 0.4) is 0 Å². The van der Waals surface area contributed by atoms with E-state index in [2.05, 4.69) is 10.3 Å². The van der Waals surface area contributed by atoms with Crippen LogP contribution in [0.4, 0.5) is 0 Å². The summed E-state index contributed by atoms with van der Waals surface area (Å²) < 4.78 is 4.97. The van der Waals surface area contributed by atoms with E-state index in [1.54, 1.807) is 19.5 Å². The van der Waals surface area contributed by atoms with E-state index in [0.717, 1.165) is 16.3 Å². The Hall–Kier alpha value is -1.98. The van der Waals surface area contributed by atoms with Crippen LogP contribution in [0.25, 0.3) is 10.8 Å². The van der Waals surface area contributed by atoms with Crippen LogP contribution in [0.2, 0.25) is 0 Å². The summed E-state index contributed by atoms with van der Waals surface area (Å²) >= 11 is 0. The van der Waals surface area contributed by atoms with Crippen molar-refractivity contribution in [1.82, 2.24) is 10.3 Å². The first-order valence-electron chi connectivity index (χ1n) is 6.08. The molecule has 2 aromatic rings. The van der Waals surface area contributed by atoms with Crippen LogP contribution >= 0.6 is 0 Å². The smallest absolute Gasteiger partial charge is 0.239 e. The van der Waals surface area contributed by atoms with Gasteiger partial charge < -0.3 is 10.5 Å². The Morgan fingerprint density at radius 3 is 2.95 bits per heavy atom. The van der Waals surface area contributed by atoms with Gasteiger partial charge in [0.1, 0.15) is 6.04 Å². The first kappa shape index (κ1) is 13.5. The zero-order chi connectivity index (χ0) is 13.7. The topological polar surface area (TPSA) is 77.2 Å². The number of nitrogens with zero attached hydrogens (tertiary/aromatic N) is 1. The summed E-state index contributed by atoms with van der Waals surface area (Å²) in [5.41, 5.74) is 6.27. The number of nitrogens with two attached hydrogens (primary N) is 1. The van der Waals surface area contributed by atoms with Gasteiger partial charge >= 0.3 is 0 Å². The highest BCUT2D eigenvalue weighted by Gasteiger charge is 2.19. The number of fused-ring (bicyclic) bond motifs is 1. The lowest BCUT2D eigenvalue weighted by molar-refractivity contribution is -0.120. The van der Waals surface area contributed by atoms with E-state index in [0.29, 0.717) is 13.2 Å². The van der Waals surface area contributed by atoms with Crippen molar-refractivity contribution in [2.24, 2.45) is 5.73 Å². The molecule has 0 aliphatic heterocycles. The highest BCUT2D eigenvalue weighted by molar-refractivity contribution is 5.91. The third-order valence-corrected chi connectivity index (χ3v) is 2.95. The van der Waals surface area contributed by atoms with Crippen molar-refractivity contribution in [3.8, 4) is 0 Å². The fourth-order valence-electron chi connectivity index (χ4n) is 2.04. The second kappa shape index (κ2) is 6.26. The number of carbonyl (C=O) groups is 1. The number of benzene rings is 1. The third kappa shape index (κ3) is 3.07. The SMILES string of the molecule is COCCNC(C(N)=O)c1cncc2ccccc12. The Morgan fingerprint density at radius 1 is 1.42 bits per heavy atom. The number of ether oxygens (including phenoxy) is 1. The molecular weight excluding hydrogens is 242 g/mol. The number of carbonyl (C=O) groups excluding carboxylic acids is 1. The first-order chi connectivity index (χ1) is 9.24. The number of amides is 1. The van der Waals surface area contributed by atoms with Crippen LogP contribution in [0, 0.1) is 0 Å². The van der Waals surface area contributed by atoms with E-state index < -0.39 is 11.9 Å². The van der Waals surface area contributed by atoms with Gasteiger partial charge in [0.05, 0.1) is 6.61 Å². The second-order valence-electron chi connectivity index (χ2n) is 4.23. The number of hydrogen-bond acceptors (Lipinski definition) is 4. The van der Waals surface area contributed by atoms with Gasteiger partial charge in [0, 0.05) is 37.0 Å². The minimum atomic E-state index is -0.561. The molecule has 5 heteroatoms. The molecule has 1 amide bonds. The van der Waals surface area contributed by atoms with Gasteiger partial charge in [0.15, 0.2) is 0 Å². The van der Waals surface area contributed by atoms with Crippen molar-refractivity contribution in [3.63, 3.8) is 0 Å². The lowest BCUT2D eigenvalue weighted by atomic mass is 10.0. The van der Waals surface area contributed by atoms with E-state index in [1.807, 2.05) is 24.3 Å². The minimum Gasteiger partial charge on any atom is -0.383 e. The average Bonchev–Trinajstić information content (AvgIpc) is 2.43. The molecule has 2 rings (SSSR count). The number of methoxy groups -OCH3 is 1. The molecule has 0 radical (unpaired) electrons. The predicted molar refractivity (Wildman–Crippen MR) is 73.6 cm³/mol. The number of pyridine rings is 1. The predicted octanol–water partition coefficient (Wildman–Crippen LogP) is 0.997. The zero-order valence-electron chi connectivity index (χ0n) is 10.8. The fourth-order valence-corrected chi connectivity index (χ4v) is 2.04. The molecule has 0 saturated heterocycles. The highest BCUT2D eigenvalue weighted by atomic mass is 16.5. The van der Waals surface area contributed by atoms with Crippen molar-refractivity contribution < 1.29 is 9.53 Å². The second-order valence-corrected chi connectivity index (χ2v) is 4.23.